The lowest BCUT2D eigenvalue weighted by Crippen LogP contribution is -2.14. The zero-order valence-electron chi connectivity index (χ0n) is 17.5. The summed E-state index contributed by atoms with van der Waals surface area (Å²) < 4.78 is 16.3. The molecule has 156 valence electrons. The van der Waals surface area contributed by atoms with Crippen LogP contribution in [0.1, 0.15) is 73.6 Å². The molecule has 0 bridgehead atoms. The summed E-state index contributed by atoms with van der Waals surface area (Å²) in [6, 6.07) is 13.2. The van der Waals surface area contributed by atoms with Crippen molar-refractivity contribution in [1.29, 1.82) is 0 Å². The van der Waals surface area contributed by atoms with Gasteiger partial charge in [0.05, 0.1) is 23.8 Å². The summed E-state index contributed by atoms with van der Waals surface area (Å²) in [5, 5.41) is 0. The van der Waals surface area contributed by atoms with E-state index in [9.17, 15) is 9.59 Å². The number of hydrogen-bond donors (Lipinski definition) is 0. The first-order valence-corrected chi connectivity index (χ1v) is 10.3. The van der Waals surface area contributed by atoms with Crippen molar-refractivity contribution < 1.29 is 23.8 Å². The first-order valence-electron chi connectivity index (χ1n) is 10.3. The lowest BCUT2D eigenvalue weighted by atomic mass is 10.2. The van der Waals surface area contributed by atoms with Crippen molar-refractivity contribution in [2.45, 2.75) is 59.0 Å². The fourth-order valence-corrected chi connectivity index (χ4v) is 2.57. The maximum absolute atomic E-state index is 12.3. The van der Waals surface area contributed by atoms with Crippen molar-refractivity contribution >= 4 is 11.9 Å². The zero-order chi connectivity index (χ0) is 21.1. The van der Waals surface area contributed by atoms with Crippen molar-refractivity contribution in [1.82, 2.24) is 0 Å². The molecule has 1 atom stereocenters. The molecule has 2 aromatic rings. The monoisotopic (exact) mass is 398 g/mol. The van der Waals surface area contributed by atoms with E-state index in [-0.39, 0.29) is 12.1 Å². The van der Waals surface area contributed by atoms with Crippen LogP contribution in [-0.2, 0) is 4.74 Å². The molecule has 0 N–H and O–H groups in total. The molecule has 2 rings (SSSR count). The van der Waals surface area contributed by atoms with Crippen molar-refractivity contribution in [3.05, 3.63) is 59.7 Å². The molecule has 0 aliphatic rings. The molecular weight excluding hydrogens is 368 g/mol. The topological polar surface area (TPSA) is 61.8 Å². The molecule has 0 saturated carbocycles. The van der Waals surface area contributed by atoms with Crippen molar-refractivity contribution in [3.8, 4) is 11.5 Å². The van der Waals surface area contributed by atoms with E-state index in [1.54, 1.807) is 48.5 Å². The van der Waals surface area contributed by atoms with E-state index < -0.39 is 5.97 Å². The Morgan fingerprint density at radius 2 is 1.38 bits per heavy atom. The van der Waals surface area contributed by atoms with Crippen LogP contribution in [0.5, 0.6) is 11.5 Å². The summed E-state index contributed by atoms with van der Waals surface area (Å²) in [7, 11) is 0. The van der Waals surface area contributed by atoms with E-state index in [0.29, 0.717) is 23.5 Å². The average Bonchev–Trinajstić information content (AvgIpc) is 2.74. The maximum atomic E-state index is 12.3. The smallest absolute Gasteiger partial charge is 0.343 e. The summed E-state index contributed by atoms with van der Waals surface area (Å²) >= 11 is 0. The molecule has 0 aromatic heterocycles. The van der Waals surface area contributed by atoms with Crippen LogP contribution in [0, 0.1) is 0 Å². The first-order chi connectivity index (χ1) is 14.0. The van der Waals surface area contributed by atoms with E-state index in [1.807, 2.05) is 13.8 Å². The first kappa shape index (κ1) is 22.5. The van der Waals surface area contributed by atoms with Crippen molar-refractivity contribution in [2.24, 2.45) is 0 Å². The molecule has 0 saturated heterocycles. The highest BCUT2D eigenvalue weighted by molar-refractivity contribution is 5.92. The van der Waals surface area contributed by atoms with Gasteiger partial charge in [-0.3, -0.25) is 0 Å². The molecule has 0 spiro atoms. The van der Waals surface area contributed by atoms with Gasteiger partial charge in [-0.15, -0.1) is 0 Å². The SMILES string of the molecule is CCCCCCOc1ccc(C(=O)Oc2ccc(C(=O)OC(C)CC)cc2)cc1. The van der Waals surface area contributed by atoms with Crippen LogP contribution in [0.2, 0.25) is 0 Å². The summed E-state index contributed by atoms with van der Waals surface area (Å²) in [6.45, 7) is 6.65. The summed E-state index contributed by atoms with van der Waals surface area (Å²) in [4.78, 5) is 24.3. The predicted molar refractivity (Wildman–Crippen MR) is 113 cm³/mol. The van der Waals surface area contributed by atoms with E-state index in [4.69, 9.17) is 14.2 Å². The standard InChI is InChI=1S/C24H30O5/c1-4-6-7-8-17-27-21-13-9-20(10-14-21)24(26)29-22-15-11-19(12-16-22)23(25)28-18(3)5-2/h9-16,18H,4-8,17H2,1-3H3. The van der Waals surface area contributed by atoms with Gasteiger partial charge in [-0.2, -0.15) is 0 Å². The minimum absolute atomic E-state index is 0.136. The minimum atomic E-state index is -0.463. The molecule has 5 heteroatoms. The Morgan fingerprint density at radius 3 is 1.97 bits per heavy atom. The highest BCUT2D eigenvalue weighted by atomic mass is 16.5. The van der Waals surface area contributed by atoms with Gasteiger partial charge in [-0.05, 0) is 68.3 Å². The zero-order valence-corrected chi connectivity index (χ0v) is 17.5. The largest absolute Gasteiger partial charge is 0.494 e. The summed E-state index contributed by atoms with van der Waals surface area (Å²) in [6.07, 6.45) is 5.22. The van der Waals surface area contributed by atoms with Crippen LogP contribution < -0.4 is 9.47 Å². The van der Waals surface area contributed by atoms with Gasteiger partial charge in [0.1, 0.15) is 11.5 Å². The van der Waals surface area contributed by atoms with Gasteiger partial charge in [0.25, 0.3) is 0 Å². The third-order valence-corrected chi connectivity index (χ3v) is 4.54. The molecule has 0 aliphatic carbocycles. The van der Waals surface area contributed by atoms with Crippen LogP contribution in [0.3, 0.4) is 0 Å². The number of hydrogen-bond acceptors (Lipinski definition) is 5. The Morgan fingerprint density at radius 1 is 0.793 bits per heavy atom. The molecule has 2 aromatic carbocycles. The second-order valence-corrected chi connectivity index (χ2v) is 6.97. The Balaban J connectivity index is 1.85. The number of rotatable bonds is 11. The normalized spacial score (nSPS) is 11.6. The number of carbonyl (C=O) groups is 2. The molecule has 1 unspecified atom stereocenters. The Bertz CT molecular complexity index is 765. The Labute approximate surface area is 173 Å². The number of unbranched alkanes of at least 4 members (excludes halogenated alkanes) is 3. The van der Waals surface area contributed by atoms with Crippen LogP contribution in [0.4, 0.5) is 0 Å². The summed E-state index contributed by atoms with van der Waals surface area (Å²) in [5.41, 5.74) is 0.856. The highest BCUT2D eigenvalue weighted by Gasteiger charge is 2.12. The van der Waals surface area contributed by atoms with Crippen LogP contribution >= 0.6 is 0 Å². The molecule has 0 fully saturated rings. The van der Waals surface area contributed by atoms with Gasteiger partial charge in [-0.1, -0.05) is 33.1 Å². The van der Waals surface area contributed by atoms with Gasteiger partial charge in [-0.25, -0.2) is 9.59 Å². The van der Waals surface area contributed by atoms with Gasteiger partial charge < -0.3 is 14.2 Å². The molecule has 0 radical (unpaired) electrons. The average molecular weight is 398 g/mol. The number of ether oxygens (including phenoxy) is 3. The highest BCUT2D eigenvalue weighted by Crippen LogP contribution is 2.18. The molecule has 0 aliphatic heterocycles. The van der Waals surface area contributed by atoms with E-state index in [0.717, 1.165) is 25.0 Å². The minimum Gasteiger partial charge on any atom is -0.494 e. The molecule has 0 heterocycles. The third-order valence-electron chi connectivity index (χ3n) is 4.54. The lowest BCUT2D eigenvalue weighted by Gasteiger charge is -2.11. The quantitative estimate of drug-likeness (QED) is 0.271. The van der Waals surface area contributed by atoms with Crippen LogP contribution in [0.15, 0.2) is 48.5 Å². The predicted octanol–water partition coefficient (Wildman–Crippen LogP) is 5.82. The fourth-order valence-electron chi connectivity index (χ4n) is 2.57. The van der Waals surface area contributed by atoms with Crippen LogP contribution in [0.25, 0.3) is 0 Å². The number of esters is 2. The van der Waals surface area contributed by atoms with E-state index >= 15 is 0 Å². The molecule has 0 amide bonds. The lowest BCUT2D eigenvalue weighted by molar-refractivity contribution is 0.0334. The number of carbonyl (C=O) groups excluding carboxylic acids is 2. The second kappa shape index (κ2) is 11.9. The van der Waals surface area contributed by atoms with E-state index in [2.05, 4.69) is 6.92 Å². The van der Waals surface area contributed by atoms with Crippen molar-refractivity contribution in [3.63, 3.8) is 0 Å². The number of benzene rings is 2. The molecule has 5 nitrogen and oxygen atoms in total. The maximum Gasteiger partial charge on any atom is 0.343 e. The van der Waals surface area contributed by atoms with Gasteiger partial charge in [0, 0.05) is 0 Å². The Hall–Kier alpha value is -2.82. The van der Waals surface area contributed by atoms with Gasteiger partial charge >= 0.3 is 11.9 Å². The Kier molecular flexibility index (Phi) is 9.22. The van der Waals surface area contributed by atoms with E-state index in [1.165, 1.54) is 12.8 Å². The fraction of sp³-hybridized carbons (Fsp3) is 0.417. The molecular formula is C24H30O5. The van der Waals surface area contributed by atoms with Gasteiger partial charge in [0.15, 0.2) is 0 Å². The summed E-state index contributed by atoms with van der Waals surface area (Å²) in [5.74, 6) is 0.255. The molecule has 29 heavy (non-hydrogen) atoms. The van der Waals surface area contributed by atoms with Gasteiger partial charge in [0.2, 0.25) is 0 Å². The second-order valence-electron chi connectivity index (χ2n) is 6.97. The van der Waals surface area contributed by atoms with Crippen molar-refractivity contribution in [2.75, 3.05) is 6.61 Å². The third kappa shape index (κ3) is 7.60. The van der Waals surface area contributed by atoms with Crippen LogP contribution in [-0.4, -0.2) is 24.6 Å².